The van der Waals surface area contributed by atoms with Crippen molar-refractivity contribution in [1.82, 2.24) is 4.90 Å². The molecule has 0 atom stereocenters. The first-order valence-electron chi connectivity index (χ1n) is 10.0. The highest BCUT2D eigenvalue weighted by atomic mass is 35.5. The van der Waals surface area contributed by atoms with Gasteiger partial charge in [0.15, 0.2) is 0 Å². The molecule has 0 N–H and O–H groups in total. The number of halogens is 1. The molecule has 1 amide bonds. The maximum Gasteiger partial charge on any atom is 0.264 e. The second kappa shape index (κ2) is 10.1. The van der Waals surface area contributed by atoms with E-state index in [9.17, 15) is 13.2 Å². The minimum Gasteiger partial charge on any atom is -0.494 e. The molecule has 0 fully saturated rings. The summed E-state index contributed by atoms with van der Waals surface area (Å²) in [5.74, 6) is 0.386. The number of anilines is 1. The van der Waals surface area contributed by atoms with Crippen LogP contribution in [-0.4, -0.2) is 39.9 Å². The van der Waals surface area contributed by atoms with E-state index in [1.807, 2.05) is 37.3 Å². The molecule has 0 aromatic heterocycles. The third kappa shape index (κ3) is 5.23. The zero-order chi connectivity index (χ0) is 23.3. The van der Waals surface area contributed by atoms with Crippen molar-refractivity contribution in [3.05, 3.63) is 88.9 Å². The summed E-state index contributed by atoms with van der Waals surface area (Å²) in [6.07, 6.45) is 0. The molecular weight excluding hydrogens is 448 g/mol. The van der Waals surface area contributed by atoms with Gasteiger partial charge < -0.3 is 9.64 Å². The predicted octanol–water partition coefficient (Wildman–Crippen LogP) is 4.84. The van der Waals surface area contributed by atoms with Crippen LogP contribution in [0.25, 0.3) is 0 Å². The number of amides is 1. The maximum atomic E-state index is 13.1. The van der Waals surface area contributed by atoms with Crippen LogP contribution in [0.5, 0.6) is 5.75 Å². The number of benzene rings is 3. The number of hydrogen-bond donors (Lipinski definition) is 0. The zero-order valence-corrected chi connectivity index (χ0v) is 19.7. The Balaban J connectivity index is 1.83. The van der Waals surface area contributed by atoms with Crippen LogP contribution >= 0.6 is 11.6 Å². The summed E-state index contributed by atoms with van der Waals surface area (Å²) >= 11 is 6.27. The highest BCUT2D eigenvalue weighted by Gasteiger charge is 2.24. The van der Waals surface area contributed by atoms with Crippen LogP contribution in [0.15, 0.2) is 77.7 Å². The molecule has 0 aliphatic heterocycles. The van der Waals surface area contributed by atoms with Gasteiger partial charge in [0.2, 0.25) is 0 Å². The standard InChI is InChI=1S/C24H25ClN2O4S/c1-4-31-20-12-10-18(11-13-20)17-26(2)24(28)22-16-21(14-15-23(22)25)32(29,30)27(3)19-8-6-5-7-9-19/h5-16H,4,17H2,1-3H3. The van der Waals surface area contributed by atoms with Crippen LogP contribution in [0.3, 0.4) is 0 Å². The number of para-hydroxylation sites is 1. The molecule has 0 radical (unpaired) electrons. The minimum absolute atomic E-state index is 0.00827. The van der Waals surface area contributed by atoms with E-state index < -0.39 is 10.0 Å². The summed E-state index contributed by atoms with van der Waals surface area (Å²) in [5, 5.41) is 0.190. The third-order valence-electron chi connectivity index (χ3n) is 4.95. The average Bonchev–Trinajstić information content (AvgIpc) is 2.80. The second-order valence-electron chi connectivity index (χ2n) is 7.19. The van der Waals surface area contributed by atoms with Gasteiger partial charge in [0.1, 0.15) is 5.75 Å². The Hall–Kier alpha value is -3.03. The zero-order valence-electron chi connectivity index (χ0n) is 18.2. The lowest BCUT2D eigenvalue weighted by atomic mass is 10.1. The third-order valence-corrected chi connectivity index (χ3v) is 7.06. The van der Waals surface area contributed by atoms with Crippen LogP contribution in [0, 0.1) is 0 Å². The summed E-state index contributed by atoms with van der Waals surface area (Å²) in [6, 6.07) is 20.3. The number of sulfonamides is 1. The number of carbonyl (C=O) groups excluding carboxylic acids is 1. The van der Waals surface area contributed by atoms with E-state index in [2.05, 4.69) is 0 Å². The van der Waals surface area contributed by atoms with Crippen LogP contribution in [-0.2, 0) is 16.6 Å². The van der Waals surface area contributed by atoms with E-state index in [-0.39, 0.29) is 21.4 Å². The SMILES string of the molecule is CCOc1ccc(CN(C)C(=O)c2cc(S(=O)(=O)N(C)c3ccccc3)ccc2Cl)cc1. The van der Waals surface area contributed by atoms with Gasteiger partial charge in [-0.2, -0.15) is 0 Å². The lowest BCUT2D eigenvalue weighted by molar-refractivity contribution is 0.0785. The Labute approximate surface area is 194 Å². The van der Waals surface area contributed by atoms with Gasteiger partial charge >= 0.3 is 0 Å². The van der Waals surface area contributed by atoms with E-state index in [1.165, 1.54) is 34.5 Å². The summed E-state index contributed by atoms with van der Waals surface area (Å²) in [5.41, 5.74) is 1.55. The van der Waals surface area contributed by atoms with E-state index in [0.29, 0.717) is 18.8 Å². The van der Waals surface area contributed by atoms with Crippen LogP contribution in [0.1, 0.15) is 22.8 Å². The number of hydrogen-bond acceptors (Lipinski definition) is 4. The van der Waals surface area contributed by atoms with Gasteiger partial charge in [-0.3, -0.25) is 9.10 Å². The van der Waals surface area contributed by atoms with Gasteiger partial charge in [-0.05, 0) is 55.0 Å². The van der Waals surface area contributed by atoms with Crippen molar-refractivity contribution in [2.45, 2.75) is 18.4 Å². The quantitative estimate of drug-likeness (QED) is 0.470. The Bertz CT molecular complexity index is 1180. The first kappa shape index (κ1) is 23.6. The molecule has 32 heavy (non-hydrogen) atoms. The molecule has 0 aliphatic rings. The van der Waals surface area contributed by atoms with E-state index >= 15 is 0 Å². The first-order valence-corrected chi connectivity index (χ1v) is 11.9. The summed E-state index contributed by atoms with van der Waals surface area (Å²) in [6.45, 7) is 2.83. The van der Waals surface area contributed by atoms with Crippen molar-refractivity contribution in [3.8, 4) is 5.75 Å². The fourth-order valence-electron chi connectivity index (χ4n) is 3.17. The number of carbonyl (C=O) groups is 1. The lowest BCUT2D eigenvalue weighted by Gasteiger charge is -2.21. The van der Waals surface area contributed by atoms with Crippen molar-refractivity contribution in [2.75, 3.05) is 25.0 Å². The largest absolute Gasteiger partial charge is 0.494 e. The van der Waals surface area contributed by atoms with Gasteiger partial charge in [-0.25, -0.2) is 8.42 Å². The second-order valence-corrected chi connectivity index (χ2v) is 9.56. The summed E-state index contributed by atoms with van der Waals surface area (Å²) in [4.78, 5) is 14.6. The molecule has 0 spiro atoms. The molecule has 3 aromatic carbocycles. The van der Waals surface area contributed by atoms with Gasteiger partial charge in [0, 0.05) is 20.6 Å². The minimum atomic E-state index is -3.87. The van der Waals surface area contributed by atoms with Crippen LogP contribution in [0.4, 0.5) is 5.69 Å². The molecule has 0 unspecified atom stereocenters. The molecule has 0 saturated heterocycles. The van der Waals surface area contributed by atoms with Gasteiger partial charge in [0.25, 0.3) is 15.9 Å². The molecule has 8 heteroatoms. The molecule has 3 rings (SSSR count). The molecule has 6 nitrogen and oxygen atoms in total. The Morgan fingerprint density at radius 1 is 0.969 bits per heavy atom. The average molecular weight is 473 g/mol. The first-order chi connectivity index (χ1) is 15.2. The smallest absolute Gasteiger partial charge is 0.264 e. The highest BCUT2D eigenvalue weighted by Crippen LogP contribution is 2.26. The van der Waals surface area contributed by atoms with Crippen molar-refractivity contribution in [1.29, 1.82) is 0 Å². The fraction of sp³-hybridized carbons (Fsp3) is 0.208. The van der Waals surface area contributed by atoms with Crippen molar-refractivity contribution >= 4 is 33.2 Å². The molecule has 0 bridgehead atoms. The molecule has 168 valence electrons. The molecule has 3 aromatic rings. The normalized spacial score (nSPS) is 11.1. The van der Waals surface area contributed by atoms with Crippen molar-refractivity contribution in [2.24, 2.45) is 0 Å². The van der Waals surface area contributed by atoms with Crippen LogP contribution in [0.2, 0.25) is 5.02 Å². The molecule has 0 saturated carbocycles. The molecule has 0 aliphatic carbocycles. The Morgan fingerprint density at radius 2 is 1.62 bits per heavy atom. The molecular formula is C24H25ClN2O4S. The summed E-state index contributed by atoms with van der Waals surface area (Å²) in [7, 11) is -0.753. The van der Waals surface area contributed by atoms with Crippen LogP contribution < -0.4 is 9.04 Å². The van der Waals surface area contributed by atoms with Crippen molar-refractivity contribution < 1.29 is 17.9 Å². The van der Waals surface area contributed by atoms with E-state index in [1.54, 1.807) is 31.3 Å². The topological polar surface area (TPSA) is 66.9 Å². The highest BCUT2D eigenvalue weighted by molar-refractivity contribution is 7.92. The van der Waals surface area contributed by atoms with Gasteiger partial charge in [-0.1, -0.05) is 41.9 Å². The fourth-order valence-corrected chi connectivity index (χ4v) is 4.59. The maximum absolute atomic E-state index is 13.1. The number of rotatable bonds is 8. The van der Waals surface area contributed by atoms with Gasteiger partial charge in [0.05, 0.1) is 27.8 Å². The van der Waals surface area contributed by atoms with Gasteiger partial charge in [-0.15, -0.1) is 0 Å². The summed E-state index contributed by atoms with van der Waals surface area (Å²) < 4.78 is 32.8. The number of ether oxygens (including phenoxy) is 1. The number of nitrogens with zero attached hydrogens (tertiary/aromatic N) is 2. The van der Waals surface area contributed by atoms with E-state index in [0.717, 1.165) is 11.3 Å². The Kier molecular flexibility index (Phi) is 7.43. The Morgan fingerprint density at radius 3 is 2.25 bits per heavy atom. The van der Waals surface area contributed by atoms with E-state index in [4.69, 9.17) is 16.3 Å². The monoisotopic (exact) mass is 472 g/mol. The molecule has 0 heterocycles. The predicted molar refractivity (Wildman–Crippen MR) is 127 cm³/mol. The van der Waals surface area contributed by atoms with Crippen molar-refractivity contribution in [3.63, 3.8) is 0 Å². The lowest BCUT2D eigenvalue weighted by Crippen LogP contribution is -2.28.